The van der Waals surface area contributed by atoms with Crippen LogP contribution in [-0.2, 0) is 6.42 Å². The standard InChI is InChI=1S/C8H15N3S2/c1-2-12-5-7(11-9)3-8-4-10-6-13-8/h4,6-7,11H,2-3,5,9H2,1H3. The summed E-state index contributed by atoms with van der Waals surface area (Å²) in [6.45, 7) is 2.16. The maximum Gasteiger partial charge on any atom is 0.0794 e. The first-order valence-corrected chi connectivity index (χ1v) is 6.31. The Labute approximate surface area is 87.1 Å². The van der Waals surface area contributed by atoms with Crippen molar-refractivity contribution in [3.05, 3.63) is 16.6 Å². The number of nitrogens with one attached hydrogen (secondary N) is 1. The molecule has 0 aliphatic rings. The summed E-state index contributed by atoms with van der Waals surface area (Å²) in [6, 6.07) is 0.366. The van der Waals surface area contributed by atoms with E-state index < -0.39 is 0 Å². The Kier molecular flexibility index (Phi) is 5.38. The second-order valence-electron chi connectivity index (χ2n) is 2.69. The lowest BCUT2D eigenvalue weighted by Gasteiger charge is -2.13. The van der Waals surface area contributed by atoms with E-state index >= 15 is 0 Å². The highest BCUT2D eigenvalue weighted by atomic mass is 32.2. The summed E-state index contributed by atoms with van der Waals surface area (Å²) in [5, 5.41) is 0. The molecule has 0 saturated carbocycles. The molecule has 5 heteroatoms. The van der Waals surface area contributed by atoms with Gasteiger partial charge in [-0.25, -0.2) is 0 Å². The third kappa shape index (κ3) is 4.08. The molecule has 0 amide bonds. The number of aromatic nitrogens is 1. The zero-order valence-electron chi connectivity index (χ0n) is 7.69. The molecular formula is C8H15N3S2. The van der Waals surface area contributed by atoms with Crippen LogP contribution in [0.25, 0.3) is 0 Å². The van der Waals surface area contributed by atoms with Crippen molar-refractivity contribution in [3.8, 4) is 0 Å². The molecular weight excluding hydrogens is 202 g/mol. The number of hydrogen-bond donors (Lipinski definition) is 2. The largest absolute Gasteiger partial charge is 0.271 e. The van der Waals surface area contributed by atoms with E-state index in [0.717, 1.165) is 17.9 Å². The molecule has 3 N–H and O–H groups in total. The van der Waals surface area contributed by atoms with Gasteiger partial charge in [-0.1, -0.05) is 6.92 Å². The van der Waals surface area contributed by atoms with Gasteiger partial charge in [0.05, 0.1) is 5.51 Å². The minimum atomic E-state index is 0.366. The zero-order chi connectivity index (χ0) is 9.52. The van der Waals surface area contributed by atoms with Gasteiger partial charge in [-0.15, -0.1) is 11.3 Å². The molecule has 0 spiro atoms. The molecule has 0 saturated heterocycles. The molecule has 3 nitrogen and oxygen atoms in total. The van der Waals surface area contributed by atoms with Crippen molar-refractivity contribution >= 4 is 23.1 Å². The van der Waals surface area contributed by atoms with Gasteiger partial charge in [0.15, 0.2) is 0 Å². The lowest BCUT2D eigenvalue weighted by molar-refractivity contribution is 0.579. The molecule has 0 bridgehead atoms. The second-order valence-corrected chi connectivity index (χ2v) is 4.98. The van der Waals surface area contributed by atoms with Crippen molar-refractivity contribution in [1.29, 1.82) is 0 Å². The predicted octanol–water partition coefficient (Wildman–Crippen LogP) is 1.27. The average molecular weight is 217 g/mol. The van der Waals surface area contributed by atoms with Crippen LogP contribution in [0.3, 0.4) is 0 Å². The molecule has 13 heavy (non-hydrogen) atoms. The summed E-state index contributed by atoms with van der Waals surface area (Å²) in [4.78, 5) is 5.32. The Balaban J connectivity index is 2.31. The van der Waals surface area contributed by atoms with Gasteiger partial charge in [-0.3, -0.25) is 16.3 Å². The van der Waals surface area contributed by atoms with Crippen molar-refractivity contribution < 1.29 is 0 Å². The molecule has 0 aliphatic carbocycles. The van der Waals surface area contributed by atoms with Crippen LogP contribution >= 0.6 is 23.1 Å². The van der Waals surface area contributed by atoms with Crippen LogP contribution in [0, 0.1) is 0 Å². The number of nitrogens with two attached hydrogens (primary N) is 1. The summed E-state index contributed by atoms with van der Waals surface area (Å²) in [6.07, 6.45) is 2.89. The topological polar surface area (TPSA) is 50.9 Å². The molecule has 1 heterocycles. The molecule has 1 aromatic rings. The van der Waals surface area contributed by atoms with E-state index in [1.807, 2.05) is 23.5 Å². The highest BCUT2D eigenvalue weighted by molar-refractivity contribution is 7.99. The molecule has 0 radical (unpaired) electrons. The van der Waals surface area contributed by atoms with Crippen LogP contribution in [0.4, 0.5) is 0 Å². The van der Waals surface area contributed by atoms with Gasteiger partial charge in [0, 0.05) is 29.3 Å². The fourth-order valence-electron chi connectivity index (χ4n) is 1.01. The summed E-state index contributed by atoms with van der Waals surface area (Å²) in [5.74, 6) is 7.65. The Morgan fingerprint density at radius 1 is 1.77 bits per heavy atom. The van der Waals surface area contributed by atoms with E-state index in [1.54, 1.807) is 11.3 Å². The Morgan fingerprint density at radius 3 is 3.15 bits per heavy atom. The number of rotatable bonds is 6. The van der Waals surface area contributed by atoms with Gasteiger partial charge in [0.1, 0.15) is 0 Å². The number of hydrogen-bond acceptors (Lipinski definition) is 5. The third-order valence-corrected chi connectivity index (χ3v) is 3.54. The fraction of sp³-hybridized carbons (Fsp3) is 0.625. The fourth-order valence-corrected chi connectivity index (χ4v) is 2.42. The van der Waals surface area contributed by atoms with E-state index in [4.69, 9.17) is 5.84 Å². The van der Waals surface area contributed by atoms with E-state index in [0.29, 0.717) is 6.04 Å². The third-order valence-electron chi connectivity index (χ3n) is 1.69. The van der Waals surface area contributed by atoms with Crippen molar-refractivity contribution in [2.24, 2.45) is 5.84 Å². The first-order valence-electron chi connectivity index (χ1n) is 4.28. The molecule has 74 valence electrons. The summed E-state index contributed by atoms with van der Waals surface area (Å²) in [5.41, 5.74) is 4.69. The zero-order valence-corrected chi connectivity index (χ0v) is 9.33. The van der Waals surface area contributed by atoms with Crippen LogP contribution in [-0.4, -0.2) is 22.5 Å². The predicted molar refractivity (Wildman–Crippen MR) is 59.9 cm³/mol. The average Bonchev–Trinajstić information content (AvgIpc) is 2.64. The van der Waals surface area contributed by atoms with Crippen LogP contribution in [0.15, 0.2) is 11.7 Å². The van der Waals surface area contributed by atoms with Crippen LogP contribution in [0.2, 0.25) is 0 Å². The lowest BCUT2D eigenvalue weighted by atomic mass is 10.2. The van der Waals surface area contributed by atoms with Crippen molar-refractivity contribution in [3.63, 3.8) is 0 Å². The molecule has 1 atom stereocenters. The van der Waals surface area contributed by atoms with Gasteiger partial charge in [0.25, 0.3) is 0 Å². The van der Waals surface area contributed by atoms with Gasteiger partial charge in [0.2, 0.25) is 0 Å². The smallest absolute Gasteiger partial charge is 0.0794 e. The minimum absolute atomic E-state index is 0.366. The molecule has 1 rings (SSSR count). The quantitative estimate of drug-likeness (QED) is 0.556. The first-order chi connectivity index (χ1) is 6.36. The number of nitrogens with zero attached hydrogens (tertiary/aromatic N) is 1. The summed E-state index contributed by atoms with van der Waals surface area (Å²) >= 11 is 3.59. The van der Waals surface area contributed by atoms with Crippen LogP contribution in [0.5, 0.6) is 0 Å². The minimum Gasteiger partial charge on any atom is -0.271 e. The van der Waals surface area contributed by atoms with Crippen molar-refractivity contribution in [2.75, 3.05) is 11.5 Å². The number of thioether (sulfide) groups is 1. The Bertz CT molecular complexity index is 213. The SMILES string of the molecule is CCSCC(Cc1cncs1)NN. The Morgan fingerprint density at radius 2 is 2.62 bits per heavy atom. The number of hydrazine groups is 1. The molecule has 0 aliphatic heterocycles. The van der Waals surface area contributed by atoms with E-state index in [-0.39, 0.29) is 0 Å². The van der Waals surface area contributed by atoms with E-state index in [9.17, 15) is 0 Å². The maximum absolute atomic E-state index is 5.45. The van der Waals surface area contributed by atoms with Gasteiger partial charge >= 0.3 is 0 Å². The summed E-state index contributed by atoms with van der Waals surface area (Å²) in [7, 11) is 0. The van der Waals surface area contributed by atoms with Gasteiger partial charge < -0.3 is 0 Å². The molecule has 0 aromatic carbocycles. The van der Waals surface area contributed by atoms with E-state index in [2.05, 4.69) is 17.3 Å². The van der Waals surface area contributed by atoms with Gasteiger partial charge in [-0.2, -0.15) is 11.8 Å². The first kappa shape index (κ1) is 11.0. The molecule has 1 unspecified atom stereocenters. The lowest BCUT2D eigenvalue weighted by Crippen LogP contribution is -2.38. The highest BCUT2D eigenvalue weighted by Gasteiger charge is 2.07. The van der Waals surface area contributed by atoms with Crippen LogP contribution in [0.1, 0.15) is 11.8 Å². The normalized spacial score (nSPS) is 13.1. The summed E-state index contributed by atoms with van der Waals surface area (Å²) < 4.78 is 0. The Hall–Kier alpha value is -0.100. The van der Waals surface area contributed by atoms with Crippen molar-refractivity contribution in [1.82, 2.24) is 10.4 Å². The van der Waals surface area contributed by atoms with E-state index in [1.165, 1.54) is 4.88 Å². The monoisotopic (exact) mass is 217 g/mol. The van der Waals surface area contributed by atoms with Gasteiger partial charge in [-0.05, 0) is 5.75 Å². The molecule has 0 fully saturated rings. The van der Waals surface area contributed by atoms with Crippen molar-refractivity contribution in [2.45, 2.75) is 19.4 Å². The maximum atomic E-state index is 5.45. The van der Waals surface area contributed by atoms with Crippen LogP contribution < -0.4 is 11.3 Å². The second kappa shape index (κ2) is 6.37. The number of thiazole rings is 1. The highest BCUT2D eigenvalue weighted by Crippen LogP contribution is 2.11. The molecule has 1 aromatic heterocycles.